The Kier molecular flexibility index (Phi) is 3.42. The van der Waals surface area contributed by atoms with E-state index in [9.17, 15) is 9.50 Å². The Balaban J connectivity index is 2.33. The van der Waals surface area contributed by atoms with Crippen molar-refractivity contribution < 1.29 is 9.50 Å². The molecule has 1 aromatic carbocycles. The lowest BCUT2D eigenvalue weighted by Gasteiger charge is -2.03. The minimum absolute atomic E-state index is 0.0398. The van der Waals surface area contributed by atoms with Crippen LogP contribution in [0.3, 0.4) is 0 Å². The van der Waals surface area contributed by atoms with E-state index in [0.29, 0.717) is 17.1 Å². The molecule has 0 bridgehead atoms. The number of nitrogens with zero attached hydrogens (tertiary/aromatic N) is 1. The molecule has 0 aliphatic heterocycles. The molecule has 2 aromatic rings. The van der Waals surface area contributed by atoms with Crippen LogP contribution in [-0.4, -0.2) is 21.6 Å². The van der Waals surface area contributed by atoms with Crippen LogP contribution in [0, 0.1) is 5.82 Å². The quantitative estimate of drug-likeness (QED) is 0.784. The number of rotatable bonds is 3. The summed E-state index contributed by atoms with van der Waals surface area (Å²) < 4.78 is 13.0. The van der Waals surface area contributed by atoms with Crippen molar-refractivity contribution in [3.8, 4) is 11.3 Å². The molecule has 17 heavy (non-hydrogen) atoms. The first-order valence-corrected chi connectivity index (χ1v) is 5.38. The van der Waals surface area contributed by atoms with Gasteiger partial charge in [-0.3, -0.25) is 0 Å². The van der Waals surface area contributed by atoms with Gasteiger partial charge in [0.2, 0.25) is 0 Å². The molecule has 2 rings (SSSR count). The second-order valence-electron chi connectivity index (χ2n) is 3.56. The van der Waals surface area contributed by atoms with Gasteiger partial charge in [-0.1, -0.05) is 11.6 Å². The molecule has 1 unspecified atom stereocenters. The Bertz CT molecular complexity index is 529. The monoisotopic (exact) mass is 255 g/mol. The van der Waals surface area contributed by atoms with Gasteiger partial charge in [0.1, 0.15) is 17.7 Å². The molecule has 4 nitrogen and oxygen atoms in total. The molecule has 0 amide bonds. The van der Waals surface area contributed by atoms with Crippen LogP contribution in [0.2, 0.25) is 5.02 Å². The summed E-state index contributed by atoms with van der Waals surface area (Å²) in [6.45, 7) is 0.0805. The highest BCUT2D eigenvalue weighted by Gasteiger charge is 2.11. The molecule has 1 aromatic heterocycles. The second-order valence-corrected chi connectivity index (χ2v) is 3.97. The average molecular weight is 256 g/mol. The van der Waals surface area contributed by atoms with Crippen molar-refractivity contribution in [1.82, 2.24) is 9.97 Å². The van der Waals surface area contributed by atoms with E-state index in [1.165, 1.54) is 18.3 Å². The number of nitrogens with one attached hydrogen (secondary N) is 1. The van der Waals surface area contributed by atoms with Crippen LogP contribution in [0.15, 0.2) is 24.4 Å². The van der Waals surface area contributed by atoms with Crippen molar-refractivity contribution in [3.63, 3.8) is 0 Å². The topological polar surface area (TPSA) is 74.9 Å². The highest BCUT2D eigenvalue weighted by molar-refractivity contribution is 6.31. The van der Waals surface area contributed by atoms with Crippen molar-refractivity contribution in [2.75, 3.05) is 6.54 Å². The van der Waals surface area contributed by atoms with Crippen LogP contribution in [0.4, 0.5) is 4.39 Å². The lowest BCUT2D eigenvalue weighted by atomic mass is 10.2. The standard InChI is InChI=1S/C11H11ClFN3O/c12-7-3-6(1-2-8(7)13)9-5-15-11(16-9)10(17)4-14/h1-3,5,10,17H,4,14H2,(H,15,16). The highest BCUT2D eigenvalue weighted by Crippen LogP contribution is 2.24. The third kappa shape index (κ3) is 2.46. The highest BCUT2D eigenvalue weighted by atomic mass is 35.5. The van der Waals surface area contributed by atoms with Crippen LogP contribution in [0.25, 0.3) is 11.3 Å². The van der Waals surface area contributed by atoms with E-state index in [1.54, 1.807) is 6.07 Å². The van der Waals surface area contributed by atoms with Crippen LogP contribution < -0.4 is 5.73 Å². The summed E-state index contributed by atoms with van der Waals surface area (Å²) in [5.41, 5.74) is 6.66. The summed E-state index contributed by atoms with van der Waals surface area (Å²) >= 11 is 5.68. The molecule has 0 saturated heterocycles. The Morgan fingerprint density at radius 1 is 1.53 bits per heavy atom. The Labute approximate surface area is 102 Å². The van der Waals surface area contributed by atoms with Crippen molar-refractivity contribution in [1.29, 1.82) is 0 Å². The molecule has 0 fully saturated rings. The van der Waals surface area contributed by atoms with Crippen LogP contribution in [0.5, 0.6) is 0 Å². The fourth-order valence-electron chi connectivity index (χ4n) is 1.43. The first-order chi connectivity index (χ1) is 8.11. The van der Waals surface area contributed by atoms with E-state index in [2.05, 4.69) is 9.97 Å². The maximum absolute atomic E-state index is 13.0. The number of aliphatic hydroxyl groups is 1. The number of nitrogens with two attached hydrogens (primary N) is 1. The molecule has 0 saturated carbocycles. The van der Waals surface area contributed by atoms with Crippen LogP contribution >= 0.6 is 11.6 Å². The zero-order chi connectivity index (χ0) is 12.4. The zero-order valence-electron chi connectivity index (χ0n) is 8.82. The fourth-order valence-corrected chi connectivity index (χ4v) is 1.61. The third-order valence-electron chi connectivity index (χ3n) is 2.36. The van der Waals surface area contributed by atoms with Gasteiger partial charge in [0.15, 0.2) is 0 Å². The van der Waals surface area contributed by atoms with Gasteiger partial charge in [0.05, 0.1) is 16.9 Å². The van der Waals surface area contributed by atoms with Gasteiger partial charge in [0.25, 0.3) is 0 Å². The Hall–Kier alpha value is -1.43. The molecule has 0 spiro atoms. The molecule has 4 N–H and O–H groups in total. The number of hydrogen-bond acceptors (Lipinski definition) is 3. The maximum atomic E-state index is 13.0. The summed E-state index contributed by atoms with van der Waals surface area (Å²) in [7, 11) is 0. The van der Waals surface area contributed by atoms with E-state index in [0.717, 1.165) is 0 Å². The number of aromatic nitrogens is 2. The molecule has 6 heteroatoms. The molecular formula is C11H11ClFN3O. The van der Waals surface area contributed by atoms with E-state index >= 15 is 0 Å². The smallest absolute Gasteiger partial charge is 0.141 e. The molecule has 0 aliphatic rings. The molecule has 1 heterocycles. The summed E-state index contributed by atoms with van der Waals surface area (Å²) in [6, 6.07) is 4.34. The summed E-state index contributed by atoms with van der Waals surface area (Å²) in [5, 5.41) is 9.52. The Morgan fingerprint density at radius 3 is 2.94 bits per heavy atom. The number of hydrogen-bond donors (Lipinski definition) is 3. The van der Waals surface area contributed by atoms with Gasteiger partial charge in [-0.2, -0.15) is 0 Å². The molecule has 0 aliphatic carbocycles. The van der Waals surface area contributed by atoms with E-state index in [-0.39, 0.29) is 11.6 Å². The van der Waals surface area contributed by atoms with Gasteiger partial charge in [-0.05, 0) is 18.2 Å². The van der Waals surface area contributed by atoms with Crippen molar-refractivity contribution >= 4 is 11.6 Å². The van der Waals surface area contributed by atoms with E-state index < -0.39 is 11.9 Å². The minimum atomic E-state index is -0.834. The number of imidazole rings is 1. The van der Waals surface area contributed by atoms with Gasteiger partial charge in [0, 0.05) is 12.1 Å². The molecular weight excluding hydrogens is 245 g/mol. The number of benzene rings is 1. The average Bonchev–Trinajstić information content (AvgIpc) is 2.81. The largest absolute Gasteiger partial charge is 0.384 e. The fraction of sp³-hybridized carbons (Fsp3) is 0.182. The number of H-pyrrole nitrogens is 1. The van der Waals surface area contributed by atoms with Crippen molar-refractivity contribution in [2.24, 2.45) is 5.73 Å². The van der Waals surface area contributed by atoms with Crippen molar-refractivity contribution in [2.45, 2.75) is 6.10 Å². The predicted octanol–water partition coefficient (Wildman–Crippen LogP) is 1.86. The molecule has 1 atom stereocenters. The van der Waals surface area contributed by atoms with E-state index in [4.69, 9.17) is 17.3 Å². The normalized spacial score (nSPS) is 12.7. The Morgan fingerprint density at radius 2 is 2.29 bits per heavy atom. The second kappa shape index (κ2) is 4.83. The number of aliphatic hydroxyl groups excluding tert-OH is 1. The van der Waals surface area contributed by atoms with Crippen LogP contribution in [-0.2, 0) is 0 Å². The zero-order valence-corrected chi connectivity index (χ0v) is 9.58. The summed E-state index contributed by atoms with van der Waals surface area (Å²) in [6.07, 6.45) is 0.706. The number of aromatic amines is 1. The SMILES string of the molecule is NCC(O)c1ncc(-c2ccc(F)c(Cl)c2)[nH]1. The van der Waals surface area contributed by atoms with E-state index in [1.807, 2.05) is 0 Å². The lowest BCUT2D eigenvalue weighted by Crippen LogP contribution is -2.12. The first-order valence-electron chi connectivity index (χ1n) is 5.00. The van der Waals surface area contributed by atoms with Gasteiger partial charge in [-0.25, -0.2) is 9.37 Å². The summed E-state index contributed by atoms with van der Waals surface area (Å²) in [4.78, 5) is 6.90. The minimum Gasteiger partial charge on any atom is -0.384 e. The van der Waals surface area contributed by atoms with Gasteiger partial charge in [-0.15, -0.1) is 0 Å². The van der Waals surface area contributed by atoms with Gasteiger partial charge < -0.3 is 15.8 Å². The molecule has 0 radical (unpaired) electrons. The van der Waals surface area contributed by atoms with Gasteiger partial charge >= 0.3 is 0 Å². The summed E-state index contributed by atoms with van der Waals surface area (Å²) in [5.74, 6) is -0.0971. The molecule has 90 valence electrons. The predicted molar refractivity (Wildman–Crippen MR) is 63.0 cm³/mol. The third-order valence-corrected chi connectivity index (χ3v) is 2.65. The number of halogens is 2. The maximum Gasteiger partial charge on any atom is 0.141 e. The van der Waals surface area contributed by atoms with Crippen molar-refractivity contribution in [3.05, 3.63) is 41.1 Å². The lowest BCUT2D eigenvalue weighted by molar-refractivity contribution is 0.177. The first kappa shape index (κ1) is 12.0. The van der Waals surface area contributed by atoms with Crippen LogP contribution in [0.1, 0.15) is 11.9 Å².